The maximum Gasteiger partial charge on any atom is 0.232 e. The number of carbonyl (C=O) groups is 1. The van der Waals surface area contributed by atoms with Crippen LogP contribution in [0, 0.1) is 0 Å². The number of anilines is 1. The zero-order valence-electron chi connectivity index (χ0n) is 13.6. The van der Waals surface area contributed by atoms with Gasteiger partial charge < -0.3 is 14.2 Å². The van der Waals surface area contributed by atoms with E-state index in [1.165, 1.54) is 0 Å². The lowest BCUT2D eigenvalue weighted by atomic mass is 10.1. The van der Waals surface area contributed by atoms with Gasteiger partial charge in [0, 0.05) is 19.2 Å². The van der Waals surface area contributed by atoms with Gasteiger partial charge in [-0.05, 0) is 24.3 Å². The fourth-order valence-corrected chi connectivity index (χ4v) is 2.96. The molecule has 1 aliphatic rings. The Kier molecular flexibility index (Phi) is 3.89. The molecule has 1 saturated heterocycles. The first kappa shape index (κ1) is 15.3. The van der Waals surface area contributed by atoms with E-state index in [4.69, 9.17) is 9.26 Å². The predicted molar refractivity (Wildman–Crippen MR) is 90.2 cm³/mol. The summed E-state index contributed by atoms with van der Waals surface area (Å²) in [6.07, 6.45) is 2.00. The van der Waals surface area contributed by atoms with Crippen molar-refractivity contribution in [2.45, 2.75) is 12.3 Å². The van der Waals surface area contributed by atoms with Crippen molar-refractivity contribution in [2.24, 2.45) is 0 Å². The summed E-state index contributed by atoms with van der Waals surface area (Å²) < 4.78 is 10.7. The monoisotopic (exact) mass is 336 g/mol. The summed E-state index contributed by atoms with van der Waals surface area (Å²) in [4.78, 5) is 22.8. The number of nitrogens with zero attached hydrogens (tertiary/aromatic N) is 4. The Hall–Kier alpha value is -3.22. The number of hydrogen-bond donors (Lipinski definition) is 0. The summed E-state index contributed by atoms with van der Waals surface area (Å²) in [5.41, 5.74) is 1.39. The van der Waals surface area contributed by atoms with Crippen molar-refractivity contribution in [3.63, 3.8) is 0 Å². The van der Waals surface area contributed by atoms with E-state index in [1.807, 2.05) is 42.5 Å². The molecule has 1 aromatic carbocycles. The lowest BCUT2D eigenvalue weighted by Crippen LogP contribution is -2.24. The molecule has 0 aliphatic carbocycles. The summed E-state index contributed by atoms with van der Waals surface area (Å²) in [6.45, 7) is 0.475. The van der Waals surface area contributed by atoms with Crippen LogP contribution in [0.2, 0.25) is 0 Å². The molecule has 1 atom stereocenters. The minimum Gasteiger partial charge on any atom is -0.495 e. The minimum absolute atomic E-state index is 0.00656. The second-order valence-electron chi connectivity index (χ2n) is 5.75. The maximum atomic E-state index is 12.5. The Labute approximate surface area is 144 Å². The van der Waals surface area contributed by atoms with Gasteiger partial charge >= 0.3 is 0 Å². The van der Waals surface area contributed by atoms with Crippen LogP contribution in [0.5, 0.6) is 5.75 Å². The van der Waals surface area contributed by atoms with E-state index in [9.17, 15) is 4.79 Å². The second-order valence-corrected chi connectivity index (χ2v) is 5.75. The number of para-hydroxylation sites is 2. The lowest BCUT2D eigenvalue weighted by Gasteiger charge is -2.18. The molecule has 25 heavy (non-hydrogen) atoms. The number of hydrogen-bond acceptors (Lipinski definition) is 6. The lowest BCUT2D eigenvalue weighted by molar-refractivity contribution is -0.117. The van der Waals surface area contributed by atoms with Crippen LogP contribution in [-0.2, 0) is 4.79 Å². The van der Waals surface area contributed by atoms with Gasteiger partial charge in [0.05, 0.1) is 18.7 Å². The molecule has 4 rings (SSSR count). The minimum atomic E-state index is -0.151. The SMILES string of the molecule is COc1ccccc1N1CC(c2nc(-c3ccccn3)no2)CC1=O. The molecule has 1 amide bonds. The fraction of sp³-hybridized carbons (Fsp3) is 0.222. The molecule has 0 bridgehead atoms. The Bertz CT molecular complexity index is 894. The van der Waals surface area contributed by atoms with Crippen LogP contribution in [-0.4, -0.2) is 34.7 Å². The number of aromatic nitrogens is 3. The van der Waals surface area contributed by atoms with Gasteiger partial charge in [-0.15, -0.1) is 0 Å². The molecule has 7 heteroatoms. The standard InChI is InChI=1S/C18H16N4O3/c1-24-15-8-3-2-7-14(15)22-11-12(10-16(22)23)18-20-17(21-25-18)13-6-4-5-9-19-13/h2-9,12H,10-11H2,1H3. The molecular formula is C18H16N4O3. The van der Waals surface area contributed by atoms with E-state index in [1.54, 1.807) is 18.2 Å². The number of carbonyl (C=O) groups excluding carboxylic acids is 1. The number of amides is 1. The topological polar surface area (TPSA) is 81.3 Å². The number of pyridine rings is 1. The average molecular weight is 336 g/mol. The average Bonchev–Trinajstić information content (AvgIpc) is 3.29. The van der Waals surface area contributed by atoms with Gasteiger partial charge in [-0.3, -0.25) is 9.78 Å². The van der Waals surface area contributed by atoms with Crippen LogP contribution in [0.15, 0.2) is 53.2 Å². The van der Waals surface area contributed by atoms with Gasteiger partial charge in [0.2, 0.25) is 17.6 Å². The molecule has 0 saturated carbocycles. The van der Waals surface area contributed by atoms with Crippen molar-refractivity contribution in [3.8, 4) is 17.3 Å². The van der Waals surface area contributed by atoms with E-state index in [-0.39, 0.29) is 11.8 Å². The molecule has 1 unspecified atom stereocenters. The first-order chi connectivity index (χ1) is 12.3. The highest BCUT2D eigenvalue weighted by Gasteiger charge is 2.36. The third-order valence-corrected chi connectivity index (χ3v) is 4.19. The highest BCUT2D eigenvalue weighted by atomic mass is 16.5. The summed E-state index contributed by atoms with van der Waals surface area (Å²) in [5, 5.41) is 3.98. The first-order valence-corrected chi connectivity index (χ1v) is 7.94. The molecule has 0 N–H and O–H groups in total. The van der Waals surface area contributed by atoms with E-state index < -0.39 is 0 Å². The molecule has 0 radical (unpaired) electrons. The van der Waals surface area contributed by atoms with Gasteiger partial charge in [0.15, 0.2) is 0 Å². The smallest absolute Gasteiger partial charge is 0.232 e. The first-order valence-electron chi connectivity index (χ1n) is 7.94. The highest BCUT2D eigenvalue weighted by molar-refractivity contribution is 5.97. The number of rotatable bonds is 4. The van der Waals surface area contributed by atoms with E-state index >= 15 is 0 Å². The number of benzene rings is 1. The van der Waals surface area contributed by atoms with Gasteiger partial charge in [0.25, 0.3) is 0 Å². The molecule has 2 aromatic heterocycles. The third kappa shape index (κ3) is 2.84. The maximum absolute atomic E-state index is 12.5. The van der Waals surface area contributed by atoms with Crippen molar-refractivity contribution >= 4 is 11.6 Å². The Morgan fingerprint density at radius 3 is 2.84 bits per heavy atom. The van der Waals surface area contributed by atoms with Crippen LogP contribution < -0.4 is 9.64 Å². The van der Waals surface area contributed by atoms with Crippen molar-refractivity contribution in [3.05, 3.63) is 54.6 Å². The van der Waals surface area contributed by atoms with E-state index in [0.29, 0.717) is 36.1 Å². The van der Waals surface area contributed by atoms with Crippen molar-refractivity contribution in [2.75, 3.05) is 18.6 Å². The second kappa shape index (κ2) is 6.35. The normalized spacial score (nSPS) is 17.1. The van der Waals surface area contributed by atoms with Crippen LogP contribution in [0.1, 0.15) is 18.2 Å². The molecule has 1 fully saturated rings. The number of ether oxygens (including phenoxy) is 1. The Balaban J connectivity index is 1.58. The highest BCUT2D eigenvalue weighted by Crippen LogP contribution is 2.36. The fourth-order valence-electron chi connectivity index (χ4n) is 2.96. The summed E-state index contributed by atoms with van der Waals surface area (Å²) in [7, 11) is 1.59. The largest absolute Gasteiger partial charge is 0.495 e. The zero-order valence-corrected chi connectivity index (χ0v) is 13.6. The summed E-state index contributed by atoms with van der Waals surface area (Å²) in [6, 6.07) is 13.0. The predicted octanol–water partition coefficient (Wildman–Crippen LogP) is 2.66. The molecule has 3 aromatic rings. The van der Waals surface area contributed by atoms with E-state index in [2.05, 4.69) is 15.1 Å². The molecule has 126 valence electrons. The van der Waals surface area contributed by atoms with E-state index in [0.717, 1.165) is 5.69 Å². The quantitative estimate of drug-likeness (QED) is 0.728. The van der Waals surface area contributed by atoms with Gasteiger partial charge in [-0.25, -0.2) is 0 Å². The molecule has 0 spiro atoms. The van der Waals surface area contributed by atoms with Crippen LogP contribution >= 0.6 is 0 Å². The van der Waals surface area contributed by atoms with Crippen molar-refractivity contribution < 1.29 is 14.1 Å². The zero-order chi connectivity index (χ0) is 17.2. The van der Waals surface area contributed by atoms with Gasteiger partial charge in [-0.2, -0.15) is 4.98 Å². The van der Waals surface area contributed by atoms with Crippen LogP contribution in [0.4, 0.5) is 5.69 Å². The number of methoxy groups -OCH3 is 1. The Morgan fingerprint density at radius 1 is 1.20 bits per heavy atom. The third-order valence-electron chi connectivity index (χ3n) is 4.19. The van der Waals surface area contributed by atoms with Crippen molar-refractivity contribution in [1.29, 1.82) is 0 Å². The van der Waals surface area contributed by atoms with Crippen LogP contribution in [0.25, 0.3) is 11.5 Å². The van der Waals surface area contributed by atoms with Gasteiger partial charge in [-0.1, -0.05) is 23.4 Å². The molecule has 1 aliphatic heterocycles. The summed E-state index contributed by atoms with van der Waals surface area (Å²) >= 11 is 0. The molecular weight excluding hydrogens is 320 g/mol. The molecule has 3 heterocycles. The summed E-state index contributed by atoms with van der Waals surface area (Å²) in [5.74, 6) is 1.40. The molecule has 7 nitrogen and oxygen atoms in total. The van der Waals surface area contributed by atoms with Gasteiger partial charge in [0.1, 0.15) is 11.4 Å². The van der Waals surface area contributed by atoms with Crippen LogP contribution in [0.3, 0.4) is 0 Å². The van der Waals surface area contributed by atoms with Crippen molar-refractivity contribution in [1.82, 2.24) is 15.1 Å². The Morgan fingerprint density at radius 2 is 2.04 bits per heavy atom.